The van der Waals surface area contributed by atoms with Crippen molar-refractivity contribution in [2.24, 2.45) is 0 Å². The fourth-order valence-corrected chi connectivity index (χ4v) is 16.5. The third-order valence-electron chi connectivity index (χ3n) is 23.2. The van der Waals surface area contributed by atoms with Crippen LogP contribution in [-0.4, -0.2) is 212 Å². The average molecular weight is 1870 g/mol. The molecule has 0 radical (unpaired) electrons. The summed E-state index contributed by atoms with van der Waals surface area (Å²) >= 11 is 0. The van der Waals surface area contributed by atoms with Crippen LogP contribution in [0.3, 0.4) is 0 Å². The van der Waals surface area contributed by atoms with E-state index in [4.69, 9.17) is 37.9 Å². The van der Waals surface area contributed by atoms with E-state index in [1.165, 1.54) is 0 Å². The van der Waals surface area contributed by atoms with E-state index in [0.29, 0.717) is 60.7 Å². The molecule has 4 aliphatic rings. The zero-order valence-electron chi connectivity index (χ0n) is 68.2. The Hall–Kier alpha value is -18.7. The minimum Gasteiger partial charge on any atom is -0.507 e. The van der Waals surface area contributed by atoms with E-state index in [0.717, 1.165) is 48.5 Å². The molecule has 12 aromatic rings. The Kier molecular flexibility index (Phi) is 22.2. The molecule has 16 rings (SSSR count). The molecule has 0 aliphatic carbocycles. The fraction of sp³-hybridized carbons (Fsp3) is 0.165. The first-order valence-corrected chi connectivity index (χ1v) is 39.5. The Morgan fingerprint density at radius 1 is 0.200 bits per heavy atom. The molecule has 32 N–H and O–H groups in total. The number of hydrogen-bond acceptors (Lipinski definition) is 44. The molecule has 0 amide bonds. The van der Waals surface area contributed by atoms with Crippen molar-refractivity contribution < 1.29 is 220 Å². The second-order valence-corrected chi connectivity index (χ2v) is 31.7. The maximum Gasteiger partial charge on any atom is 0.338 e. The number of benzene rings is 12. The lowest BCUT2D eigenvalue weighted by Gasteiger charge is -2.37. The number of phenols is 32. The van der Waals surface area contributed by atoms with Crippen LogP contribution >= 0.6 is 0 Å². The van der Waals surface area contributed by atoms with Gasteiger partial charge in [-0.15, -0.1) is 0 Å². The van der Waals surface area contributed by atoms with Crippen LogP contribution < -0.4 is 18.9 Å². The molecule has 0 aromatic heterocycles. The van der Waals surface area contributed by atoms with Crippen molar-refractivity contribution in [3.63, 3.8) is 0 Å². The molecule has 0 unspecified atom stereocenters. The Bertz CT molecular complexity index is 6460. The normalized spacial score (nSPS) is 17.4. The Balaban J connectivity index is 0.930. The first-order chi connectivity index (χ1) is 63.7. The van der Waals surface area contributed by atoms with Gasteiger partial charge in [0.1, 0.15) is 93.4 Å². The highest BCUT2D eigenvalue weighted by Gasteiger charge is 2.48. The maximum atomic E-state index is 14.6. The molecule has 135 heavy (non-hydrogen) atoms. The van der Waals surface area contributed by atoms with Crippen LogP contribution in [0.1, 0.15) is 144 Å². The summed E-state index contributed by atoms with van der Waals surface area (Å²) in [4.78, 5) is 57.4. The molecule has 8 atom stereocenters. The molecular weight excluding hydrogens is 1800 g/mol. The van der Waals surface area contributed by atoms with Crippen LogP contribution in [0.5, 0.6) is 207 Å². The maximum absolute atomic E-state index is 14.6. The fourth-order valence-electron chi connectivity index (χ4n) is 16.5. The number of esters is 4. The first-order valence-electron chi connectivity index (χ1n) is 39.5. The van der Waals surface area contributed by atoms with Crippen molar-refractivity contribution in [1.29, 1.82) is 0 Å². The van der Waals surface area contributed by atoms with Gasteiger partial charge in [-0.3, -0.25) is 0 Å². The standard InChI is InChI=1S/C91H72O44/c92-44-24-46(94)36-20-64(128-88(124)30-9-56(104)76(120)57(105)10-30)80(26-1-48(96)72(116)49(97)2-26)132-84(36)34(44)17-38-68(112)40(86-42(70(38)114)22-66(82(134-86)28-5-52(100)74(118)53(101)6-28)130-90(126)32-13-60(108)78(122)61(109)14-32)19-41-69(113)39(71(115)43-23-67(131-91(127)33-15-62(110)79(123)63(111)16-33)83(135-87(41)43)29-7-54(102)75(119)55(103)8-29)18-35-45(93)25-47(95)37-21-65(129-89(125)31-11-58(106)77(121)59(107)12-31)81(133-85(35)37)27-3-50(98)73(117)51(99)4-27/h1-16,24-25,64-67,80-83,92-123H,17-23H2/t64-,65-,66-,67-,80-,81-,82-,83-/m1/s1. The minimum atomic E-state index is -2.09. The molecule has 0 saturated heterocycles. The van der Waals surface area contributed by atoms with Gasteiger partial charge >= 0.3 is 23.9 Å². The van der Waals surface area contributed by atoms with Crippen molar-refractivity contribution in [3.05, 3.63) is 209 Å². The molecule has 0 fully saturated rings. The molecule has 4 aliphatic heterocycles. The molecule has 4 heterocycles. The first kappa shape index (κ1) is 89.7. The van der Waals surface area contributed by atoms with E-state index < -0.39 is 414 Å². The largest absolute Gasteiger partial charge is 0.507 e. The number of rotatable bonds is 18. The summed E-state index contributed by atoms with van der Waals surface area (Å²) in [5.41, 5.74) is -11.2. The summed E-state index contributed by atoms with van der Waals surface area (Å²) < 4.78 is 50.3. The smallest absolute Gasteiger partial charge is 0.338 e. The van der Waals surface area contributed by atoms with Gasteiger partial charge in [0.2, 0.25) is 0 Å². The predicted octanol–water partition coefficient (Wildman–Crippen LogP) is 8.65. The molecule has 0 bridgehead atoms. The Morgan fingerprint density at radius 3 is 0.585 bits per heavy atom. The summed E-state index contributed by atoms with van der Waals surface area (Å²) in [6.07, 6.45) is -23.0. The van der Waals surface area contributed by atoms with E-state index >= 15 is 0 Å². The van der Waals surface area contributed by atoms with Crippen LogP contribution in [-0.2, 0) is 63.9 Å². The van der Waals surface area contributed by atoms with E-state index in [1.54, 1.807) is 0 Å². The van der Waals surface area contributed by atoms with Crippen molar-refractivity contribution in [1.82, 2.24) is 0 Å². The topological polar surface area (TPSA) is 789 Å². The van der Waals surface area contributed by atoms with Crippen LogP contribution in [0.4, 0.5) is 0 Å². The van der Waals surface area contributed by atoms with Gasteiger partial charge in [0, 0.05) is 135 Å². The number of phenolic OH excluding ortho intramolecular Hbond substituents is 32. The highest BCUT2D eigenvalue weighted by atomic mass is 16.6. The molecular formula is C91H72O44. The third-order valence-corrected chi connectivity index (χ3v) is 23.2. The number of carbonyl (C=O) groups is 4. The summed E-state index contributed by atoms with van der Waals surface area (Å²) in [7, 11) is 0. The lowest BCUT2D eigenvalue weighted by molar-refractivity contribution is -0.0197. The second kappa shape index (κ2) is 33.4. The SMILES string of the molecule is O=C(O[C@@H]1Cc2c(O)cc(O)c(Cc3c(O)c(Cc4c(O)c(Cc5c(O)cc(O)c6c5O[C@H](c5cc(O)c(O)c(O)c5)[C@H](OC(=O)c5cc(O)c(O)c(O)c5)C6)c(O)c5c4O[C@H](c4cc(O)c(O)c(O)c4)[C@H](OC(=O)c4cc(O)c(O)c(O)c4)C5)c4c(c3O)C[C@@H](OC(=O)c3cc(O)c(O)c(O)c3)[C@@H](c3cc(O)c(O)c(O)c3)O4)c2O[C@@H]1c1cc(O)c(O)c(O)c1)c1cc(O)c(O)c(O)c1. The van der Waals surface area contributed by atoms with Crippen LogP contribution in [0.15, 0.2) is 109 Å². The van der Waals surface area contributed by atoms with E-state index in [2.05, 4.69) is 0 Å². The van der Waals surface area contributed by atoms with Crippen LogP contribution in [0, 0.1) is 0 Å². The lowest BCUT2D eigenvalue weighted by atomic mass is 9.83. The van der Waals surface area contributed by atoms with Crippen molar-refractivity contribution in [3.8, 4) is 207 Å². The van der Waals surface area contributed by atoms with Crippen molar-refractivity contribution in [2.45, 2.75) is 93.8 Å². The van der Waals surface area contributed by atoms with Gasteiger partial charge in [0.25, 0.3) is 0 Å². The highest BCUT2D eigenvalue weighted by molar-refractivity contribution is 5.94. The number of hydrogen-bond donors (Lipinski definition) is 32. The monoisotopic (exact) mass is 1870 g/mol. The lowest BCUT2D eigenvalue weighted by Crippen LogP contribution is -2.36. The van der Waals surface area contributed by atoms with Gasteiger partial charge in [-0.05, 0) is 97.1 Å². The number of ether oxygens (including phenoxy) is 8. The predicted molar refractivity (Wildman–Crippen MR) is 444 cm³/mol. The minimum absolute atomic E-state index is 0.389. The Morgan fingerprint density at radius 2 is 0.378 bits per heavy atom. The van der Waals surface area contributed by atoms with Gasteiger partial charge in [-0.2, -0.15) is 0 Å². The van der Waals surface area contributed by atoms with Crippen molar-refractivity contribution in [2.75, 3.05) is 0 Å². The number of fused-ring (bicyclic) bond motifs is 4. The Labute approximate surface area is 751 Å². The third kappa shape index (κ3) is 15.9. The average Bonchev–Trinajstić information content (AvgIpc) is 0.728. The zero-order valence-corrected chi connectivity index (χ0v) is 68.2. The highest BCUT2D eigenvalue weighted by Crippen LogP contribution is 2.60. The van der Waals surface area contributed by atoms with Gasteiger partial charge in [-0.1, -0.05) is 0 Å². The summed E-state index contributed by atoms with van der Waals surface area (Å²) in [6.45, 7) is 0. The van der Waals surface area contributed by atoms with Crippen LogP contribution in [0.25, 0.3) is 0 Å². The van der Waals surface area contributed by atoms with E-state index in [1.807, 2.05) is 0 Å². The number of aromatic hydroxyl groups is 32. The van der Waals surface area contributed by atoms with Gasteiger partial charge in [0.05, 0.1) is 22.3 Å². The van der Waals surface area contributed by atoms with Gasteiger partial charge in [0.15, 0.2) is 162 Å². The van der Waals surface area contributed by atoms with Gasteiger partial charge < -0.3 is 201 Å². The molecule has 44 heteroatoms. The van der Waals surface area contributed by atoms with Crippen LogP contribution in [0.2, 0.25) is 0 Å². The van der Waals surface area contributed by atoms with E-state index in [-0.39, 0.29) is 11.1 Å². The summed E-state index contributed by atoms with van der Waals surface area (Å²) in [5, 5.41) is 359. The quantitative estimate of drug-likeness (QED) is 0.0217. The van der Waals surface area contributed by atoms with E-state index in [9.17, 15) is 183 Å². The van der Waals surface area contributed by atoms with Crippen molar-refractivity contribution >= 4 is 23.9 Å². The van der Waals surface area contributed by atoms with Gasteiger partial charge in [-0.25, -0.2) is 19.2 Å². The summed E-state index contributed by atoms with van der Waals surface area (Å²) in [6, 6.07) is 12.7. The molecule has 700 valence electrons. The molecule has 0 saturated carbocycles. The zero-order chi connectivity index (χ0) is 97.4. The molecule has 0 spiro atoms. The number of carbonyl (C=O) groups excluding carboxylic acids is 4. The molecule has 44 nitrogen and oxygen atoms in total. The molecule has 12 aromatic carbocycles. The summed E-state index contributed by atoms with van der Waals surface area (Å²) in [5.74, 6) is -43.5. The second-order valence-electron chi connectivity index (χ2n) is 31.7.